The number of allylic oxidation sites excluding steroid dienone is 16. The summed E-state index contributed by atoms with van der Waals surface area (Å²) < 4.78 is 23.0. The van der Waals surface area contributed by atoms with Gasteiger partial charge in [-0.3, -0.25) is 4.79 Å². The number of ether oxygens (including phenoxy) is 4. The quantitative estimate of drug-likeness (QED) is 0.0204. The third-order valence-electron chi connectivity index (χ3n) is 18.8. The van der Waals surface area contributed by atoms with Crippen molar-refractivity contribution in [3.8, 4) is 0 Å². The summed E-state index contributed by atoms with van der Waals surface area (Å²) in [6.07, 6.45) is 75.8. The monoisotopic (exact) mass is 1350 g/mol. The summed E-state index contributed by atoms with van der Waals surface area (Å²) >= 11 is 0. The minimum absolute atomic E-state index is 0.231. The minimum atomic E-state index is -1.79. The van der Waals surface area contributed by atoms with Gasteiger partial charge in [-0.15, -0.1) is 0 Å². The molecule has 0 saturated carbocycles. The smallest absolute Gasteiger partial charge is 0.220 e. The van der Waals surface area contributed by atoms with E-state index in [1.165, 1.54) is 186 Å². The van der Waals surface area contributed by atoms with Gasteiger partial charge in [0.15, 0.2) is 12.6 Å². The lowest BCUT2D eigenvalue weighted by Crippen LogP contribution is -2.65. The van der Waals surface area contributed by atoms with Crippen molar-refractivity contribution in [2.75, 3.05) is 19.8 Å². The highest BCUT2D eigenvalue weighted by molar-refractivity contribution is 5.76. The molecule has 0 radical (unpaired) electrons. The topological polar surface area (TPSA) is 228 Å². The zero-order valence-corrected chi connectivity index (χ0v) is 60.8. The Kier molecular flexibility index (Phi) is 60.5. The summed E-state index contributed by atoms with van der Waals surface area (Å²) in [6, 6.07) is -0.853. The lowest BCUT2D eigenvalue weighted by molar-refractivity contribution is -0.359. The van der Waals surface area contributed by atoms with Crippen LogP contribution in [0.2, 0.25) is 0 Å². The van der Waals surface area contributed by atoms with Gasteiger partial charge in [0.05, 0.1) is 32.0 Å². The lowest BCUT2D eigenvalue weighted by Gasteiger charge is -2.46. The first-order valence-electron chi connectivity index (χ1n) is 39.5. The lowest BCUT2D eigenvalue weighted by atomic mass is 9.97. The van der Waals surface area contributed by atoms with Crippen LogP contribution < -0.4 is 5.32 Å². The Morgan fingerprint density at radius 3 is 1.10 bits per heavy atom. The molecule has 0 aromatic carbocycles. The van der Waals surface area contributed by atoms with Crippen molar-refractivity contribution < 1.29 is 64.6 Å². The van der Waals surface area contributed by atoms with Gasteiger partial charge in [0, 0.05) is 6.42 Å². The Morgan fingerprint density at radius 2 is 0.719 bits per heavy atom. The first-order chi connectivity index (χ1) is 47.1. The molecule has 0 spiro atoms. The Morgan fingerprint density at radius 1 is 0.385 bits per heavy atom. The SMILES string of the molecule is CC/C=C\C/C=C\C/C=C\C/C=C\C/C=C\C/C=C\C/C=C\C/C=C\CCCCCCC(=O)NC(COC1OC(CO)C(OC2OC(CO)C(O)C(O)C2O)C(O)C1O)C(O)CCCCCCCCCCCCCCCCCCCCCCCCCCCCCCCCCCC. The van der Waals surface area contributed by atoms with E-state index in [9.17, 15) is 45.6 Å². The summed E-state index contributed by atoms with van der Waals surface area (Å²) in [5.41, 5.74) is 0. The number of rotatable bonds is 65. The van der Waals surface area contributed by atoms with Crippen molar-refractivity contribution in [1.82, 2.24) is 5.32 Å². The van der Waals surface area contributed by atoms with Crippen LogP contribution in [0.1, 0.15) is 322 Å². The van der Waals surface area contributed by atoms with Gasteiger partial charge >= 0.3 is 0 Å². The van der Waals surface area contributed by atoms with Gasteiger partial charge in [-0.1, -0.05) is 336 Å². The van der Waals surface area contributed by atoms with Crippen molar-refractivity contribution in [1.29, 1.82) is 0 Å². The highest BCUT2D eigenvalue weighted by Gasteiger charge is 2.51. The molecule has 2 rings (SSSR count). The first kappa shape index (κ1) is 89.0. The van der Waals surface area contributed by atoms with Crippen LogP contribution in [0.5, 0.6) is 0 Å². The van der Waals surface area contributed by atoms with Gasteiger partial charge < -0.3 is 65.1 Å². The standard InChI is InChI=1S/C82H145NO13/c1-3-5-7-9-11-13-15-17-19-21-23-25-27-29-31-33-34-35-36-38-39-41-43-45-47-49-51-53-55-57-59-61-63-65-71(86)70(69-93-81-79(92)77(90)80(73(68-85)95-81)96-82-78(91)76(89)75(88)72(67-84)94-82)83-74(87)66-64-62-60-58-56-54-52-50-48-46-44-42-40-37-32-30-28-26-24-22-20-18-16-14-12-10-8-6-4-2/h6,8,12,14,18,20,24,26,30,32,40,42,46,48,52,54,70-73,75-82,84-86,88-92H,3-5,7,9-11,13,15-17,19,21-23,25,27-29,31,33-39,41,43-45,47,49-51,53,55-69H2,1-2H3,(H,83,87)/b8-6-,14-12-,20-18-,26-24-,32-30-,42-40-,48-46-,54-52-. The molecule has 0 aromatic rings. The number of hydrogen-bond acceptors (Lipinski definition) is 13. The molecule has 0 aromatic heterocycles. The molecular weight excluding hydrogens is 1210 g/mol. The van der Waals surface area contributed by atoms with Crippen LogP contribution in [0.4, 0.5) is 0 Å². The van der Waals surface area contributed by atoms with E-state index in [-0.39, 0.29) is 18.9 Å². The predicted octanol–water partition coefficient (Wildman–Crippen LogP) is 17.7. The second-order valence-corrected chi connectivity index (χ2v) is 27.5. The van der Waals surface area contributed by atoms with Crippen molar-refractivity contribution >= 4 is 5.91 Å². The maximum atomic E-state index is 13.4. The minimum Gasteiger partial charge on any atom is -0.394 e. The molecule has 2 saturated heterocycles. The van der Waals surface area contributed by atoms with Crippen LogP contribution >= 0.6 is 0 Å². The molecule has 0 aliphatic carbocycles. The highest BCUT2D eigenvalue weighted by atomic mass is 16.7. The zero-order chi connectivity index (χ0) is 69.4. The van der Waals surface area contributed by atoms with Crippen LogP contribution in [-0.2, 0) is 23.7 Å². The number of hydrogen-bond donors (Lipinski definition) is 9. The van der Waals surface area contributed by atoms with Gasteiger partial charge in [-0.05, 0) is 77.0 Å². The molecule has 14 nitrogen and oxygen atoms in total. The molecule has 2 fully saturated rings. The number of aliphatic hydroxyl groups excluding tert-OH is 8. The van der Waals surface area contributed by atoms with E-state index in [4.69, 9.17) is 18.9 Å². The largest absolute Gasteiger partial charge is 0.394 e. The number of unbranched alkanes of at least 4 members (excludes halogenated alkanes) is 36. The zero-order valence-electron chi connectivity index (χ0n) is 60.8. The Bertz CT molecular complexity index is 1980. The van der Waals surface area contributed by atoms with Crippen LogP contribution in [0.25, 0.3) is 0 Å². The van der Waals surface area contributed by atoms with Crippen LogP contribution in [0, 0.1) is 0 Å². The number of nitrogens with one attached hydrogen (secondary N) is 1. The van der Waals surface area contributed by atoms with E-state index in [0.29, 0.717) is 12.8 Å². The summed E-state index contributed by atoms with van der Waals surface area (Å²) in [7, 11) is 0. The molecule has 1 amide bonds. The molecule has 12 unspecified atom stereocenters. The van der Waals surface area contributed by atoms with Gasteiger partial charge in [-0.25, -0.2) is 0 Å². The summed E-state index contributed by atoms with van der Waals surface area (Å²) in [5, 5.41) is 87.8. The van der Waals surface area contributed by atoms with Crippen molar-refractivity contribution in [3.05, 3.63) is 97.2 Å². The van der Waals surface area contributed by atoms with Crippen LogP contribution in [0.15, 0.2) is 97.2 Å². The Labute approximate surface area is 585 Å². The molecule has 556 valence electrons. The van der Waals surface area contributed by atoms with E-state index >= 15 is 0 Å². The third-order valence-corrected chi connectivity index (χ3v) is 18.8. The number of aliphatic hydroxyl groups is 8. The second-order valence-electron chi connectivity index (χ2n) is 27.5. The third kappa shape index (κ3) is 47.9. The maximum absolute atomic E-state index is 13.4. The average molecular weight is 1350 g/mol. The molecular formula is C82H145NO13. The highest BCUT2D eigenvalue weighted by Crippen LogP contribution is 2.30. The van der Waals surface area contributed by atoms with Gasteiger partial charge in [0.2, 0.25) is 5.91 Å². The molecule has 2 aliphatic rings. The number of amides is 1. The molecule has 2 heterocycles. The van der Waals surface area contributed by atoms with E-state index in [1.807, 2.05) is 0 Å². The average Bonchev–Trinajstić information content (AvgIpc) is 0.854. The Balaban J connectivity index is 1.64. The molecule has 12 atom stereocenters. The van der Waals surface area contributed by atoms with Crippen molar-refractivity contribution in [2.45, 2.75) is 396 Å². The van der Waals surface area contributed by atoms with Crippen LogP contribution in [0.3, 0.4) is 0 Å². The fourth-order valence-corrected chi connectivity index (χ4v) is 12.6. The maximum Gasteiger partial charge on any atom is 0.220 e. The fraction of sp³-hybridized carbons (Fsp3) is 0.793. The van der Waals surface area contributed by atoms with Gasteiger partial charge in [0.1, 0.15) is 48.8 Å². The molecule has 9 N–H and O–H groups in total. The first-order valence-corrected chi connectivity index (χ1v) is 39.5. The van der Waals surface area contributed by atoms with Crippen molar-refractivity contribution in [2.24, 2.45) is 0 Å². The normalized spacial score (nSPS) is 22.8. The Hall–Kier alpha value is -3.09. The van der Waals surface area contributed by atoms with E-state index in [1.54, 1.807) is 0 Å². The van der Waals surface area contributed by atoms with E-state index in [0.717, 1.165) is 103 Å². The van der Waals surface area contributed by atoms with Gasteiger partial charge in [-0.2, -0.15) is 0 Å². The predicted molar refractivity (Wildman–Crippen MR) is 396 cm³/mol. The fourth-order valence-electron chi connectivity index (χ4n) is 12.6. The summed E-state index contributed by atoms with van der Waals surface area (Å²) in [6.45, 7) is 2.77. The van der Waals surface area contributed by atoms with E-state index < -0.39 is 86.8 Å². The number of carbonyl (C=O) groups excluding carboxylic acids is 1. The van der Waals surface area contributed by atoms with Crippen molar-refractivity contribution in [3.63, 3.8) is 0 Å². The summed E-state index contributed by atoms with van der Waals surface area (Å²) in [4.78, 5) is 13.4. The molecule has 14 heteroatoms. The van der Waals surface area contributed by atoms with E-state index in [2.05, 4.69) is 116 Å². The number of carbonyl (C=O) groups is 1. The molecule has 0 bridgehead atoms. The van der Waals surface area contributed by atoms with Gasteiger partial charge in [0.25, 0.3) is 0 Å². The molecule has 2 aliphatic heterocycles. The summed E-state index contributed by atoms with van der Waals surface area (Å²) in [5.74, 6) is -0.231. The molecule has 96 heavy (non-hydrogen) atoms. The second kappa shape index (κ2) is 65.2. The van der Waals surface area contributed by atoms with Crippen LogP contribution in [-0.4, -0.2) is 140 Å².